The maximum absolute atomic E-state index is 13.6. The predicted molar refractivity (Wildman–Crippen MR) is 135 cm³/mol. The van der Waals surface area contributed by atoms with Crippen LogP contribution in [0, 0.1) is 5.92 Å². The first kappa shape index (κ1) is 24.4. The molecule has 3 N–H and O–H groups in total. The van der Waals surface area contributed by atoms with E-state index in [0.717, 1.165) is 49.8 Å². The minimum atomic E-state index is -0.680. The summed E-state index contributed by atoms with van der Waals surface area (Å²) >= 11 is 0. The number of carbonyl (C=O) groups excluding carboxylic acids is 3. The van der Waals surface area contributed by atoms with E-state index >= 15 is 0 Å². The van der Waals surface area contributed by atoms with Crippen molar-refractivity contribution in [2.45, 2.75) is 69.2 Å². The van der Waals surface area contributed by atoms with Crippen molar-refractivity contribution in [1.29, 1.82) is 0 Å². The van der Waals surface area contributed by atoms with Crippen LogP contribution in [0.4, 0.5) is 11.4 Å². The summed E-state index contributed by atoms with van der Waals surface area (Å²) in [5, 5.41) is 8.97. The number of amides is 3. The molecule has 5 rings (SSSR count). The Labute approximate surface area is 210 Å². The summed E-state index contributed by atoms with van der Waals surface area (Å²) in [6.07, 6.45) is 12.9. The standard InChI is InChI=1S/C27H33N5O4/c33-24(19-15-28-17-29-16-19)32-23(18-6-4-2-1-3-5-7-18)25(34)30-20-8-9-21-22(14-20)31-26(35)27(21)10-12-36-13-11-27/h8-9,14-18,23H,1-7,10-13H2,(H,30,34)(H,31,35)(H,32,33). The number of anilines is 2. The SMILES string of the molecule is O=C(NC(C(=O)Nc1ccc2c(c1)NC(=O)C21CCOCC1)C1CCCCCCC1)c1cncnc1. The number of fused-ring (bicyclic) bond motifs is 2. The van der Waals surface area contributed by atoms with Gasteiger partial charge in [-0.3, -0.25) is 14.4 Å². The number of rotatable bonds is 5. The normalized spacial score (nSPS) is 20.5. The van der Waals surface area contributed by atoms with Crippen LogP contribution in [0.5, 0.6) is 0 Å². The Morgan fingerprint density at radius 3 is 2.44 bits per heavy atom. The minimum absolute atomic E-state index is 0.00554. The Balaban J connectivity index is 1.35. The lowest BCUT2D eigenvalue weighted by Gasteiger charge is -2.31. The van der Waals surface area contributed by atoms with Gasteiger partial charge in [0.1, 0.15) is 12.4 Å². The smallest absolute Gasteiger partial charge is 0.255 e. The Morgan fingerprint density at radius 2 is 1.72 bits per heavy atom. The van der Waals surface area contributed by atoms with Crippen molar-refractivity contribution in [3.8, 4) is 0 Å². The van der Waals surface area contributed by atoms with Crippen LogP contribution in [0.1, 0.15) is 73.7 Å². The third-order valence-electron chi connectivity index (χ3n) is 7.84. The zero-order valence-corrected chi connectivity index (χ0v) is 20.4. The summed E-state index contributed by atoms with van der Waals surface area (Å²) in [5.41, 5.74) is 2.05. The summed E-state index contributed by atoms with van der Waals surface area (Å²) in [5.74, 6) is -0.580. The Kier molecular flexibility index (Phi) is 7.27. The first-order chi connectivity index (χ1) is 17.6. The van der Waals surface area contributed by atoms with Gasteiger partial charge in [0.15, 0.2) is 0 Å². The van der Waals surface area contributed by atoms with Gasteiger partial charge in [-0.05, 0) is 49.3 Å². The number of hydrogen-bond acceptors (Lipinski definition) is 6. The molecule has 9 heteroatoms. The second-order valence-corrected chi connectivity index (χ2v) is 10.1. The van der Waals surface area contributed by atoms with Gasteiger partial charge < -0.3 is 20.7 Å². The average Bonchev–Trinajstić information content (AvgIpc) is 3.13. The Morgan fingerprint density at radius 1 is 1.03 bits per heavy atom. The highest BCUT2D eigenvalue weighted by Gasteiger charge is 2.47. The fraction of sp³-hybridized carbons (Fsp3) is 0.519. The second-order valence-electron chi connectivity index (χ2n) is 10.1. The van der Waals surface area contributed by atoms with Crippen LogP contribution in [-0.4, -0.2) is 46.9 Å². The molecule has 1 saturated heterocycles. The van der Waals surface area contributed by atoms with Crippen LogP contribution in [0.3, 0.4) is 0 Å². The number of carbonyl (C=O) groups is 3. The number of aromatic nitrogens is 2. The van der Waals surface area contributed by atoms with Crippen LogP contribution in [0.15, 0.2) is 36.9 Å². The highest BCUT2D eigenvalue weighted by Crippen LogP contribution is 2.45. The molecule has 1 spiro atoms. The van der Waals surface area contributed by atoms with Crippen molar-refractivity contribution in [1.82, 2.24) is 15.3 Å². The summed E-state index contributed by atoms with van der Waals surface area (Å²) in [4.78, 5) is 47.2. The molecule has 0 bridgehead atoms. The molecule has 2 aliphatic heterocycles. The van der Waals surface area contributed by atoms with E-state index in [1.807, 2.05) is 18.2 Å². The lowest BCUT2D eigenvalue weighted by Crippen LogP contribution is -2.48. The van der Waals surface area contributed by atoms with Crippen molar-refractivity contribution in [2.24, 2.45) is 5.92 Å². The van der Waals surface area contributed by atoms with Gasteiger partial charge in [0.05, 0.1) is 11.0 Å². The number of nitrogens with zero attached hydrogens (tertiary/aromatic N) is 2. The molecule has 3 amide bonds. The topological polar surface area (TPSA) is 122 Å². The van der Waals surface area contributed by atoms with E-state index in [1.165, 1.54) is 25.1 Å². The van der Waals surface area contributed by atoms with Crippen molar-refractivity contribution < 1.29 is 19.1 Å². The molecule has 3 aliphatic rings. The number of benzene rings is 1. The number of hydrogen-bond donors (Lipinski definition) is 3. The molecule has 2 fully saturated rings. The van der Waals surface area contributed by atoms with Gasteiger partial charge in [-0.2, -0.15) is 0 Å². The second kappa shape index (κ2) is 10.7. The Bertz CT molecular complexity index is 1110. The van der Waals surface area contributed by atoms with Crippen LogP contribution in [0.25, 0.3) is 0 Å². The highest BCUT2D eigenvalue weighted by atomic mass is 16.5. The quantitative estimate of drug-likeness (QED) is 0.588. The molecule has 2 aromatic rings. The average molecular weight is 492 g/mol. The number of ether oxygens (including phenoxy) is 1. The van der Waals surface area contributed by atoms with Gasteiger partial charge in [-0.25, -0.2) is 9.97 Å². The third kappa shape index (κ3) is 4.97. The van der Waals surface area contributed by atoms with Crippen molar-refractivity contribution in [2.75, 3.05) is 23.8 Å². The van der Waals surface area contributed by atoms with Gasteiger partial charge in [0.25, 0.3) is 5.91 Å². The van der Waals surface area contributed by atoms with Gasteiger partial charge in [-0.1, -0.05) is 38.2 Å². The van der Waals surface area contributed by atoms with Crippen LogP contribution < -0.4 is 16.0 Å². The van der Waals surface area contributed by atoms with Gasteiger partial charge >= 0.3 is 0 Å². The molecule has 3 heterocycles. The van der Waals surface area contributed by atoms with Crippen LogP contribution in [-0.2, 0) is 19.7 Å². The first-order valence-corrected chi connectivity index (χ1v) is 13.0. The van der Waals surface area contributed by atoms with E-state index in [0.29, 0.717) is 37.3 Å². The van der Waals surface area contributed by atoms with E-state index in [9.17, 15) is 14.4 Å². The van der Waals surface area contributed by atoms with E-state index in [2.05, 4.69) is 25.9 Å². The van der Waals surface area contributed by atoms with Crippen molar-refractivity contribution in [3.05, 3.63) is 48.0 Å². The summed E-state index contributed by atoms with van der Waals surface area (Å²) in [6, 6.07) is 4.91. The van der Waals surface area contributed by atoms with E-state index in [1.54, 1.807) is 0 Å². The van der Waals surface area contributed by atoms with Gasteiger partial charge in [0, 0.05) is 37.0 Å². The molecule has 1 aromatic heterocycles. The van der Waals surface area contributed by atoms with E-state index in [-0.39, 0.29) is 23.6 Å². The zero-order valence-electron chi connectivity index (χ0n) is 20.4. The molecule has 1 saturated carbocycles. The number of nitrogens with one attached hydrogen (secondary N) is 3. The van der Waals surface area contributed by atoms with Crippen molar-refractivity contribution in [3.63, 3.8) is 0 Å². The monoisotopic (exact) mass is 491 g/mol. The molecule has 1 aliphatic carbocycles. The fourth-order valence-electron chi connectivity index (χ4n) is 5.80. The largest absolute Gasteiger partial charge is 0.381 e. The first-order valence-electron chi connectivity index (χ1n) is 13.0. The molecule has 1 aromatic carbocycles. The van der Waals surface area contributed by atoms with Gasteiger partial charge in [-0.15, -0.1) is 0 Å². The lowest BCUT2D eigenvalue weighted by molar-refractivity contribution is -0.124. The molecular formula is C27H33N5O4. The van der Waals surface area contributed by atoms with Gasteiger partial charge in [0.2, 0.25) is 11.8 Å². The molecule has 1 unspecified atom stereocenters. The zero-order chi connectivity index (χ0) is 25.0. The minimum Gasteiger partial charge on any atom is -0.381 e. The molecule has 0 radical (unpaired) electrons. The van der Waals surface area contributed by atoms with E-state index < -0.39 is 11.5 Å². The highest BCUT2D eigenvalue weighted by molar-refractivity contribution is 6.07. The molecular weight excluding hydrogens is 458 g/mol. The molecule has 36 heavy (non-hydrogen) atoms. The molecule has 9 nitrogen and oxygen atoms in total. The van der Waals surface area contributed by atoms with E-state index in [4.69, 9.17) is 4.74 Å². The molecule has 1 atom stereocenters. The summed E-state index contributed by atoms with van der Waals surface area (Å²) in [7, 11) is 0. The van der Waals surface area contributed by atoms with Crippen LogP contribution >= 0.6 is 0 Å². The summed E-state index contributed by atoms with van der Waals surface area (Å²) in [6.45, 7) is 1.11. The maximum atomic E-state index is 13.6. The summed E-state index contributed by atoms with van der Waals surface area (Å²) < 4.78 is 5.48. The molecule has 190 valence electrons. The maximum Gasteiger partial charge on any atom is 0.255 e. The predicted octanol–water partition coefficient (Wildman–Crippen LogP) is 3.57. The lowest BCUT2D eigenvalue weighted by atomic mass is 9.75. The fourth-order valence-corrected chi connectivity index (χ4v) is 5.80. The third-order valence-corrected chi connectivity index (χ3v) is 7.84. The van der Waals surface area contributed by atoms with Crippen molar-refractivity contribution >= 4 is 29.1 Å². The Hall–Kier alpha value is -3.33. The van der Waals surface area contributed by atoms with Crippen LogP contribution in [0.2, 0.25) is 0 Å².